The lowest BCUT2D eigenvalue weighted by molar-refractivity contribution is -0.133. The van der Waals surface area contributed by atoms with Crippen molar-refractivity contribution in [3.05, 3.63) is 29.3 Å². The van der Waals surface area contributed by atoms with E-state index in [2.05, 4.69) is 23.9 Å². The molecule has 0 spiro atoms. The minimum atomic E-state index is 0.178. The minimum Gasteiger partial charge on any atom is -0.490 e. The highest BCUT2D eigenvalue weighted by Crippen LogP contribution is 2.21. The zero-order valence-electron chi connectivity index (χ0n) is 15.9. The number of rotatable bonds is 6. The average molecular weight is 380 g/mol. The largest absolute Gasteiger partial charge is 0.490 e. The molecule has 0 N–H and O–H groups in total. The van der Waals surface area contributed by atoms with Crippen LogP contribution in [-0.4, -0.2) is 79.6 Å². The van der Waals surface area contributed by atoms with E-state index in [-0.39, 0.29) is 12.0 Å². The second-order valence-corrected chi connectivity index (χ2v) is 8.02. The SMILES string of the molecule is CN1CCC(N(C)CCC(=O)N2CCC(Oc3ccc(Cl)cc3)CC2)C1. The van der Waals surface area contributed by atoms with Crippen LogP contribution in [0.5, 0.6) is 5.75 Å². The summed E-state index contributed by atoms with van der Waals surface area (Å²) in [6.07, 6.45) is 3.76. The highest BCUT2D eigenvalue weighted by molar-refractivity contribution is 6.30. The van der Waals surface area contributed by atoms with E-state index >= 15 is 0 Å². The van der Waals surface area contributed by atoms with Gasteiger partial charge in [-0.3, -0.25) is 4.79 Å². The molecule has 1 amide bonds. The fourth-order valence-corrected chi connectivity index (χ4v) is 3.94. The molecule has 2 saturated heterocycles. The minimum absolute atomic E-state index is 0.178. The Bertz CT molecular complexity index is 587. The van der Waals surface area contributed by atoms with Gasteiger partial charge < -0.3 is 19.4 Å². The van der Waals surface area contributed by atoms with Crippen molar-refractivity contribution in [2.75, 3.05) is 46.8 Å². The molecule has 3 rings (SSSR count). The number of hydrogen-bond acceptors (Lipinski definition) is 4. The summed E-state index contributed by atoms with van der Waals surface area (Å²) in [6, 6.07) is 8.07. The normalized spacial score (nSPS) is 22.2. The smallest absolute Gasteiger partial charge is 0.223 e. The van der Waals surface area contributed by atoms with Gasteiger partial charge in [0.1, 0.15) is 11.9 Å². The van der Waals surface area contributed by atoms with Gasteiger partial charge in [-0.1, -0.05) is 11.6 Å². The van der Waals surface area contributed by atoms with E-state index in [0.29, 0.717) is 17.5 Å². The summed E-state index contributed by atoms with van der Waals surface area (Å²) in [4.78, 5) is 19.2. The number of benzene rings is 1. The van der Waals surface area contributed by atoms with Gasteiger partial charge in [0, 0.05) is 56.5 Å². The van der Waals surface area contributed by atoms with Gasteiger partial charge in [-0.15, -0.1) is 0 Å². The molecule has 0 aromatic heterocycles. The molecular formula is C20H30ClN3O2. The quantitative estimate of drug-likeness (QED) is 0.761. The molecule has 5 nitrogen and oxygen atoms in total. The molecule has 0 radical (unpaired) electrons. The Morgan fingerprint density at radius 2 is 1.88 bits per heavy atom. The summed E-state index contributed by atoms with van der Waals surface area (Å²) in [5.74, 6) is 1.12. The predicted octanol–water partition coefficient (Wildman–Crippen LogP) is 2.74. The van der Waals surface area contributed by atoms with Crippen molar-refractivity contribution in [3.63, 3.8) is 0 Å². The second kappa shape index (κ2) is 9.07. The van der Waals surface area contributed by atoms with E-state index in [9.17, 15) is 4.79 Å². The molecule has 0 aliphatic carbocycles. The Labute approximate surface area is 161 Å². The highest BCUT2D eigenvalue weighted by Gasteiger charge is 2.26. The van der Waals surface area contributed by atoms with Crippen molar-refractivity contribution < 1.29 is 9.53 Å². The maximum absolute atomic E-state index is 12.5. The zero-order chi connectivity index (χ0) is 18.5. The van der Waals surface area contributed by atoms with Crippen LogP contribution in [0.15, 0.2) is 24.3 Å². The van der Waals surface area contributed by atoms with Crippen LogP contribution in [0, 0.1) is 0 Å². The number of likely N-dealkylation sites (tertiary alicyclic amines) is 2. The van der Waals surface area contributed by atoms with Gasteiger partial charge in [0.15, 0.2) is 0 Å². The van der Waals surface area contributed by atoms with E-state index in [0.717, 1.165) is 51.3 Å². The van der Waals surface area contributed by atoms with Crippen LogP contribution in [0.1, 0.15) is 25.7 Å². The first-order valence-electron chi connectivity index (χ1n) is 9.60. The van der Waals surface area contributed by atoms with Gasteiger partial charge in [0.25, 0.3) is 0 Å². The average Bonchev–Trinajstić information content (AvgIpc) is 3.08. The van der Waals surface area contributed by atoms with Crippen molar-refractivity contribution in [1.29, 1.82) is 0 Å². The lowest BCUT2D eigenvalue weighted by Crippen LogP contribution is -2.43. The molecule has 1 unspecified atom stereocenters. The number of halogens is 1. The van der Waals surface area contributed by atoms with E-state index in [4.69, 9.17) is 16.3 Å². The van der Waals surface area contributed by atoms with Crippen LogP contribution in [0.25, 0.3) is 0 Å². The molecule has 0 saturated carbocycles. The maximum Gasteiger partial charge on any atom is 0.223 e. The Hall–Kier alpha value is -1.30. The zero-order valence-corrected chi connectivity index (χ0v) is 16.6. The lowest BCUT2D eigenvalue weighted by Gasteiger charge is -2.33. The third-order valence-electron chi connectivity index (χ3n) is 5.58. The molecule has 2 fully saturated rings. The van der Waals surface area contributed by atoms with Crippen LogP contribution < -0.4 is 4.74 Å². The van der Waals surface area contributed by atoms with Crippen LogP contribution in [-0.2, 0) is 4.79 Å². The maximum atomic E-state index is 12.5. The van der Waals surface area contributed by atoms with Crippen LogP contribution in [0.4, 0.5) is 0 Å². The lowest BCUT2D eigenvalue weighted by atomic mass is 10.1. The van der Waals surface area contributed by atoms with Crippen molar-refractivity contribution in [1.82, 2.24) is 14.7 Å². The van der Waals surface area contributed by atoms with Crippen LogP contribution >= 0.6 is 11.6 Å². The van der Waals surface area contributed by atoms with Crippen molar-refractivity contribution in [2.45, 2.75) is 37.8 Å². The fraction of sp³-hybridized carbons (Fsp3) is 0.650. The van der Waals surface area contributed by atoms with Crippen LogP contribution in [0.2, 0.25) is 5.02 Å². The predicted molar refractivity (Wildman–Crippen MR) is 105 cm³/mol. The summed E-state index contributed by atoms with van der Waals surface area (Å²) < 4.78 is 6.00. The molecule has 6 heteroatoms. The number of piperidine rings is 1. The highest BCUT2D eigenvalue weighted by atomic mass is 35.5. The molecule has 1 aromatic carbocycles. The monoisotopic (exact) mass is 379 g/mol. The first-order chi connectivity index (χ1) is 12.5. The summed E-state index contributed by atoms with van der Waals surface area (Å²) in [5, 5.41) is 0.715. The summed E-state index contributed by atoms with van der Waals surface area (Å²) in [6.45, 7) is 4.68. The summed E-state index contributed by atoms with van der Waals surface area (Å²) in [7, 11) is 4.30. The second-order valence-electron chi connectivity index (χ2n) is 7.59. The van der Waals surface area contributed by atoms with Gasteiger partial charge >= 0.3 is 0 Å². The van der Waals surface area contributed by atoms with Crippen molar-refractivity contribution in [3.8, 4) is 5.75 Å². The molecule has 2 aliphatic heterocycles. The number of hydrogen-bond donors (Lipinski definition) is 0. The molecule has 0 bridgehead atoms. The number of nitrogens with zero attached hydrogens (tertiary/aromatic N) is 3. The molecular weight excluding hydrogens is 350 g/mol. The Balaban J connectivity index is 1.37. The fourth-order valence-electron chi connectivity index (χ4n) is 3.81. The third kappa shape index (κ3) is 5.35. The molecule has 2 heterocycles. The van der Waals surface area contributed by atoms with E-state index in [1.165, 1.54) is 6.42 Å². The molecule has 1 aromatic rings. The Kier molecular flexibility index (Phi) is 6.79. The Morgan fingerprint density at radius 1 is 1.19 bits per heavy atom. The topological polar surface area (TPSA) is 36.0 Å². The molecule has 26 heavy (non-hydrogen) atoms. The van der Waals surface area contributed by atoms with E-state index in [1.54, 1.807) is 0 Å². The number of carbonyl (C=O) groups is 1. The van der Waals surface area contributed by atoms with E-state index in [1.807, 2.05) is 29.2 Å². The molecule has 1 atom stereocenters. The van der Waals surface area contributed by atoms with Crippen molar-refractivity contribution >= 4 is 17.5 Å². The van der Waals surface area contributed by atoms with Gasteiger partial charge in [0.2, 0.25) is 5.91 Å². The van der Waals surface area contributed by atoms with Gasteiger partial charge in [-0.05, 0) is 51.3 Å². The number of likely N-dealkylation sites (N-methyl/N-ethyl adjacent to an activating group) is 2. The third-order valence-corrected chi connectivity index (χ3v) is 5.83. The first-order valence-corrected chi connectivity index (χ1v) is 9.98. The van der Waals surface area contributed by atoms with Gasteiger partial charge in [0.05, 0.1) is 0 Å². The molecule has 2 aliphatic rings. The number of carbonyl (C=O) groups excluding carboxylic acids is 1. The van der Waals surface area contributed by atoms with Gasteiger partial charge in [-0.25, -0.2) is 0 Å². The van der Waals surface area contributed by atoms with Crippen LogP contribution in [0.3, 0.4) is 0 Å². The summed E-state index contributed by atoms with van der Waals surface area (Å²) >= 11 is 5.90. The molecule has 144 valence electrons. The number of ether oxygens (including phenoxy) is 1. The number of amides is 1. The first kappa shape index (κ1) is 19.5. The summed E-state index contributed by atoms with van der Waals surface area (Å²) in [5.41, 5.74) is 0. The Morgan fingerprint density at radius 3 is 2.50 bits per heavy atom. The standard InChI is InChI=1S/C20H30ClN3O2/c1-22-11-7-17(15-22)23(2)12-10-20(25)24-13-8-19(9-14-24)26-18-5-3-16(21)4-6-18/h3-6,17,19H,7-15H2,1-2H3. The van der Waals surface area contributed by atoms with E-state index < -0.39 is 0 Å². The van der Waals surface area contributed by atoms with Gasteiger partial charge in [-0.2, -0.15) is 0 Å². The van der Waals surface area contributed by atoms with Crippen molar-refractivity contribution in [2.24, 2.45) is 0 Å².